The standard InChI is InChI=1S/C17H19N3O4/c1-19(10-16(22)23)14-8-20(9-15(14)21)17(24)12-4-5-13-11(7-12)3-2-6-18-13/h2-7,14-15,21H,8-10H2,1H3,(H,22,23)/t14?,15-/m1/s1. The molecule has 3 rings (SSSR count). The lowest BCUT2D eigenvalue weighted by molar-refractivity contribution is -0.138. The Morgan fingerprint density at radius 3 is 2.88 bits per heavy atom. The summed E-state index contributed by atoms with van der Waals surface area (Å²) in [5.41, 5.74) is 1.35. The highest BCUT2D eigenvalue weighted by Gasteiger charge is 2.37. The van der Waals surface area contributed by atoms with Gasteiger partial charge in [-0.15, -0.1) is 0 Å². The molecule has 2 aromatic rings. The summed E-state index contributed by atoms with van der Waals surface area (Å²) in [4.78, 5) is 30.9. The highest BCUT2D eigenvalue weighted by Crippen LogP contribution is 2.20. The van der Waals surface area contributed by atoms with Gasteiger partial charge in [0.15, 0.2) is 0 Å². The Labute approximate surface area is 139 Å². The number of hydrogen-bond donors (Lipinski definition) is 2. The van der Waals surface area contributed by atoms with Crippen LogP contribution in [-0.4, -0.2) is 75.7 Å². The van der Waals surface area contributed by atoms with Gasteiger partial charge in [-0.05, 0) is 31.3 Å². The second kappa shape index (κ2) is 6.54. The fraction of sp³-hybridized carbons (Fsp3) is 0.353. The third kappa shape index (κ3) is 3.22. The molecule has 0 spiro atoms. The Bertz CT molecular complexity index is 779. The van der Waals surface area contributed by atoms with Crippen LogP contribution in [0.25, 0.3) is 10.9 Å². The van der Waals surface area contributed by atoms with Crippen molar-refractivity contribution >= 4 is 22.8 Å². The van der Waals surface area contributed by atoms with Crippen LogP contribution in [0.4, 0.5) is 0 Å². The molecule has 2 atom stereocenters. The van der Waals surface area contributed by atoms with E-state index in [-0.39, 0.29) is 25.0 Å². The van der Waals surface area contributed by atoms with Gasteiger partial charge in [-0.25, -0.2) is 0 Å². The number of benzene rings is 1. The van der Waals surface area contributed by atoms with Crippen molar-refractivity contribution in [1.82, 2.24) is 14.8 Å². The third-order valence-electron chi connectivity index (χ3n) is 4.35. The summed E-state index contributed by atoms with van der Waals surface area (Å²) in [6.07, 6.45) is 0.934. The van der Waals surface area contributed by atoms with Gasteiger partial charge < -0.3 is 15.1 Å². The number of fused-ring (bicyclic) bond motifs is 1. The number of pyridine rings is 1. The van der Waals surface area contributed by atoms with Crippen LogP contribution in [0.3, 0.4) is 0 Å². The van der Waals surface area contributed by atoms with E-state index in [4.69, 9.17) is 5.11 Å². The predicted molar refractivity (Wildman–Crippen MR) is 87.7 cm³/mol. The zero-order chi connectivity index (χ0) is 17.3. The van der Waals surface area contributed by atoms with Crippen LogP contribution >= 0.6 is 0 Å². The second-order valence-electron chi connectivity index (χ2n) is 6.06. The van der Waals surface area contributed by atoms with Crippen LogP contribution in [0, 0.1) is 0 Å². The van der Waals surface area contributed by atoms with Gasteiger partial charge >= 0.3 is 5.97 Å². The molecule has 1 aliphatic rings. The molecular formula is C17H19N3O4. The SMILES string of the molecule is CN(CC(=O)O)C1CN(C(=O)c2ccc3ncccc3c2)C[C@H]1O. The van der Waals surface area contributed by atoms with Gasteiger partial charge in [0.25, 0.3) is 5.91 Å². The third-order valence-corrected chi connectivity index (χ3v) is 4.35. The van der Waals surface area contributed by atoms with Gasteiger partial charge in [-0.3, -0.25) is 19.5 Å². The zero-order valence-corrected chi connectivity index (χ0v) is 13.3. The summed E-state index contributed by atoms with van der Waals surface area (Å²) in [5.74, 6) is -1.14. The van der Waals surface area contributed by atoms with E-state index in [9.17, 15) is 14.7 Å². The molecule has 2 heterocycles. The minimum Gasteiger partial charge on any atom is -0.480 e. The fourth-order valence-electron chi connectivity index (χ4n) is 3.09. The number of likely N-dealkylation sites (N-methyl/N-ethyl adjacent to an activating group) is 1. The van der Waals surface area contributed by atoms with Crippen LogP contribution in [0.15, 0.2) is 36.5 Å². The number of carboxylic acids is 1. The lowest BCUT2D eigenvalue weighted by Gasteiger charge is -2.24. The smallest absolute Gasteiger partial charge is 0.317 e. The van der Waals surface area contributed by atoms with E-state index in [0.717, 1.165) is 10.9 Å². The van der Waals surface area contributed by atoms with Crippen molar-refractivity contribution in [2.45, 2.75) is 12.1 Å². The Hall–Kier alpha value is -2.51. The highest BCUT2D eigenvalue weighted by atomic mass is 16.4. The number of nitrogens with zero attached hydrogens (tertiary/aromatic N) is 3. The average molecular weight is 329 g/mol. The lowest BCUT2D eigenvalue weighted by atomic mass is 10.1. The quantitative estimate of drug-likeness (QED) is 0.845. The molecule has 1 unspecified atom stereocenters. The number of aromatic nitrogens is 1. The van der Waals surface area contributed by atoms with Gasteiger partial charge in [0.05, 0.1) is 24.2 Å². The number of β-amino-alcohol motifs (C(OH)–C–C–N with tert-alkyl or cyclic N) is 1. The first kappa shape index (κ1) is 16.4. The number of aliphatic hydroxyl groups is 1. The number of carboxylic acid groups (broad SMARTS) is 1. The van der Waals surface area contributed by atoms with E-state index < -0.39 is 12.1 Å². The molecule has 7 nitrogen and oxygen atoms in total. The first-order valence-electron chi connectivity index (χ1n) is 7.70. The minimum absolute atomic E-state index is 0.175. The maximum absolute atomic E-state index is 12.7. The number of carbonyl (C=O) groups excluding carboxylic acids is 1. The summed E-state index contributed by atoms with van der Waals surface area (Å²) in [5, 5.41) is 19.9. The van der Waals surface area contributed by atoms with Crippen molar-refractivity contribution in [3.05, 3.63) is 42.1 Å². The Balaban J connectivity index is 1.76. The van der Waals surface area contributed by atoms with Crippen molar-refractivity contribution in [2.24, 2.45) is 0 Å². The van der Waals surface area contributed by atoms with E-state index in [0.29, 0.717) is 12.1 Å². The van der Waals surface area contributed by atoms with E-state index >= 15 is 0 Å². The topological polar surface area (TPSA) is 94.0 Å². The molecule has 1 fully saturated rings. The molecule has 1 aromatic heterocycles. The molecule has 0 radical (unpaired) electrons. The molecule has 1 saturated heterocycles. The molecule has 0 aliphatic carbocycles. The lowest BCUT2D eigenvalue weighted by Crippen LogP contribution is -2.43. The van der Waals surface area contributed by atoms with Gasteiger partial charge in [0.1, 0.15) is 0 Å². The predicted octanol–water partition coefficient (Wildman–Crippen LogP) is 0.436. The number of carbonyl (C=O) groups is 2. The minimum atomic E-state index is -0.962. The molecule has 126 valence electrons. The van der Waals surface area contributed by atoms with Gasteiger partial charge in [0, 0.05) is 30.2 Å². The Morgan fingerprint density at radius 1 is 1.33 bits per heavy atom. The number of hydrogen-bond acceptors (Lipinski definition) is 5. The average Bonchev–Trinajstić information content (AvgIpc) is 2.95. The normalized spacial score (nSPS) is 20.7. The number of amides is 1. The number of rotatable bonds is 4. The summed E-state index contributed by atoms with van der Waals surface area (Å²) in [7, 11) is 1.64. The van der Waals surface area contributed by atoms with Crippen molar-refractivity contribution < 1.29 is 19.8 Å². The zero-order valence-electron chi connectivity index (χ0n) is 13.3. The van der Waals surface area contributed by atoms with Crippen LogP contribution in [0.2, 0.25) is 0 Å². The molecule has 1 aliphatic heterocycles. The van der Waals surface area contributed by atoms with Gasteiger partial charge in [0.2, 0.25) is 0 Å². The maximum atomic E-state index is 12.7. The van der Waals surface area contributed by atoms with Gasteiger partial charge in [-0.1, -0.05) is 6.07 Å². The molecular weight excluding hydrogens is 310 g/mol. The monoisotopic (exact) mass is 329 g/mol. The van der Waals surface area contributed by atoms with E-state index in [1.54, 1.807) is 41.2 Å². The summed E-state index contributed by atoms with van der Waals surface area (Å²) < 4.78 is 0. The van der Waals surface area contributed by atoms with Crippen LogP contribution < -0.4 is 0 Å². The van der Waals surface area contributed by atoms with Crippen molar-refractivity contribution in [3.8, 4) is 0 Å². The number of likely N-dealkylation sites (tertiary alicyclic amines) is 1. The molecule has 1 aromatic carbocycles. The number of aliphatic hydroxyl groups excluding tert-OH is 1. The van der Waals surface area contributed by atoms with E-state index in [1.807, 2.05) is 12.1 Å². The summed E-state index contributed by atoms with van der Waals surface area (Å²) in [6.45, 7) is 0.318. The number of aliphatic carboxylic acids is 1. The maximum Gasteiger partial charge on any atom is 0.317 e. The van der Waals surface area contributed by atoms with Gasteiger partial charge in [-0.2, -0.15) is 0 Å². The van der Waals surface area contributed by atoms with Crippen LogP contribution in [0.5, 0.6) is 0 Å². The largest absolute Gasteiger partial charge is 0.480 e. The van der Waals surface area contributed by atoms with Crippen molar-refractivity contribution in [3.63, 3.8) is 0 Å². The fourth-order valence-corrected chi connectivity index (χ4v) is 3.09. The Morgan fingerprint density at radius 2 is 2.12 bits per heavy atom. The van der Waals surface area contributed by atoms with Crippen molar-refractivity contribution in [2.75, 3.05) is 26.7 Å². The summed E-state index contributed by atoms with van der Waals surface area (Å²) >= 11 is 0. The van der Waals surface area contributed by atoms with Crippen LogP contribution in [-0.2, 0) is 4.79 Å². The van der Waals surface area contributed by atoms with E-state index in [1.165, 1.54) is 0 Å². The molecule has 2 N–H and O–H groups in total. The molecule has 0 bridgehead atoms. The van der Waals surface area contributed by atoms with Crippen molar-refractivity contribution in [1.29, 1.82) is 0 Å². The molecule has 1 amide bonds. The first-order chi connectivity index (χ1) is 11.5. The van der Waals surface area contributed by atoms with Crippen LogP contribution in [0.1, 0.15) is 10.4 Å². The molecule has 24 heavy (non-hydrogen) atoms. The summed E-state index contributed by atoms with van der Waals surface area (Å²) in [6, 6.07) is 8.62. The molecule has 7 heteroatoms. The highest BCUT2D eigenvalue weighted by molar-refractivity contribution is 5.98. The second-order valence-corrected chi connectivity index (χ2v) is 6.06. The first-order valence-corrected chi connectivity index (χ1v) is 7.70. The Kier molecular flexibility index (Phi) is 4.46. The molecule has 0 saturated carbocycles. The van der Waals surface area contributed by atoms with E-state index in [2.05, 4.69) is 4.98 Å².